The number of aryl methyl sites for hydroxylation is 1. The van der Waals surface area contributed by atoms with Gasteiger partial charge in [-0.3, -0.25) is 4.98 Å². The molecule has 1 fully saturated rings. The maximum absolute atomic E-state index is 13.4. The molecule has 1 unspecified atom stereocenters. The molecule has 0 bridgehead atoms. The van der Waals surface area contributed by atoms with Crippen molar-refractivity contribution in [1.82, 2.24) is 25.0 Å². The van der Waals surface area contributed by atoms with E-state index in [-0.39, 0.29) is 16.2 Å². The van der Waals surface area contributed by atoms with E-state index in [1.165, 1.54) is 16.7 Å². The van der Waals surface area contributed by atoms with E-state index >= 15 is 0 Å². The maximum atomic E-state index is 13.4. The Morgan fingerprint density at radius 3 is 2.60 bits per heavy atom. The number of anilines is 3. The zero-order valence-electron chi connectivity index (χ0n) is 25.8. The molecule has 0 saturated carbocycles. The van der Waals surface area contributed by atoms with Crippen LogP contribution < -0.4 is 19.8 Å². The fourth-order valence-electron chi connectivity index (χ4n) is 6.66. The molecule has 9 heteroatoms. The first kappa shape index (κ1) is 29.7. The molecule has 226 valence electrons. The van der Waals surface area contributed by atoms with Crippen molar-refractivity contribution in [3.8, 4) is 12.0 Å². The smallest absolute Gasteiger partial charge is 0.151 e. The number of pyridine rings is 1. The van der Waals surface area contributed by atoms with Crippen LogP contribution in [0.5, 0.6) is 0 Å². The molecule has 6 rings (SSSR count). The average molecular weight is 598 g/mol. The summed E-state index contributed by atoms with van der Waals surface area (Å²) in [6.45, 7) is 11.7. The number of benzene rings is 1. The lowest BCUT2D eigenvalue weighted by Crippen LogP contribution is -2.49. The van der Waals surface area contributed by atoms with Crippen molar-refractivity contribution in [2.75, 3.05) is 36.0 Å². The van der Waals surface area contributed by atoms with Crippen LogP contribution in [-0.2, 0) is 30.6 Å². The van der Waals surface area contributed by atoms with Crippen molar-refractivity contribution in [2.45, 2.75) is 77.0 Å². The number of aromatic nitrogens is 3. The minimum absolute atomic E-state index is 0.00565. The first-order valence-electron chi connectivity index (χ1n) is 15.6. The molecule has 0 radical (unpaired) electrons. The molecule has 0 amide bonds. The molecular weight excluding hydrogens is 554 g/mol. The van der Waals surface area contributed by atoms with Crippen molar-refractivity contribution in [3.63, 3.8) is 0 Å². The van der Waals surface area contributed by atoms with Crippen LogP contribution in [0.15, 0.2) is 48.9 Å². The Morgan fingerprint density at radius 1 is 1.07 bits per heavy atom. The summed E-state index contributed by atoms with van der Waals surface area (Å²) in [7, 11) is 0. The average Bonchev–Trinajstić information content (AvgIpc) is 3.30. The van der Waals surface area contributed by atoms with Gasteiger partial charge in [-0.05, 0) is 88.6 Å². The summed E-state index contributed by atoms with van der Waals surface area (Å²) in [5, 5.41) is 3.08. The summed E-state index contributed by atoms with van der Waals surface area (Å²) in [4.78, 5) is 18.9. The molecule has 43 heavy (non-hydrogen) atoms. The fourth-order valence-corrected chi connectivity index (χ4v) is 7.60. The van der Waals surface area contributed by atoms with Crippen LogP contribution in [0.2, 0.25) is 0 Å². The Kier molecular flexibility index (Phi) is 8.54. The van der Waals surface area contributed by atoms with Crippen LogP contribution in [0.1, 0.15) is 75.4 Å². The van der Waals surface area contributed by atoms with Gasteiger partial charge in [0.15, 0.2) is 5.82 Å². The Morgan fingerprint density at radius 2 is 1.86 bits per heavy atom. The molecule has 1 saturated heterocycles. The van der Waals surface area contributed by atoms with Gasteiger partial charge < -0.3 is 19.7 Å². The summed E-state index contributed by atoms with van der Waals surface area (Å²) >= 11 is -1.18. The molecule has 1 spiro atoms. The molecule has 1 aliphatic carbocycles. The highest BCUT2D eigenvalue weighted by Crippen LogP contribution is 2.53. The van der Waals surface area contributed by atoms with E-state index in [1.807, 2.05) is 45.4 Å². The summed E-state index contributed by atoms with van der Waals surface area (Å²) in [5.74, 6) is 5.02. The number of nitrogens with one attached hydrogen (secondary N) is 2. The van der Waals surface area contributed by atoms with Crippen LogP contribution in [-0.4, -0.2) is 50.4 Å². The quantitative estimate of drug-likeness (QED) is 0.233. The minimum atomic E-state index is -1.18. The number of fused-ring (bicyclic) bond motifs is 2. The third-order valence-electron chi connectivity index (χ3n) is 9.04. The molecule has 2 atom stereocenters. The normalized spacial score (nSPS) is 19.8. The molecule has 3 aliphatic rings. The first-order chi connectivity index (χ1) is 20.8. The van der Waals surface area contributed by atoms with Crippen LogP contribution in [0.4, 0.5) is 17.3 Å². The largest absolute Gasteiger partial charge is 0.598 e. The molecule has 1 aromatic carbocycles. The summed E-state index contributed by atoms with van der Waals surface area (Å²) < 4.78 is 16.7. The van der Waals surface area contributed by atoms with Gasteiger partial charge in [-0.1, -0.05) is 24.1 Å². The van der Waals surface area contributed by atoms with E-state index in [4.69, 9.17) is 9.97 Å². The Labute approximate surface area is 259 Å². The number of hydrogen-bond donors (Lipinski definition) is 2. The highest BCUT2D eigenvalue weighted by atomic mass is 32.2. The number of nitrogens with zero attached hydrogens (tertiary/aromatic N) is 5. The maximum Gasteiger partial charge on any atom is 0.151 e. The van der Waals surface area contributed by atoms with Gasteiger partial charge in [-0.15, -0.1) is 4.72 Å². The lowest BCUT2D eigenvalue weighted by Gasteiger charge is -2.44. The second kappa shape index (κ2) is 12.4. The van der Waals surface area contributed by atoms with Gasteiger partial charge in [0.2, 0.25) is 0 Å². The standard InChI is InChI=1S/C34H43N7OS/c1-5-35-16-6-9-25-12-13-26-22-34(32(27(26)21-25)39-43(42)33(2,3)4)14-19-40(20-15-34)30-23-38-31(24-37-30)41-18-8-10-28-29(41)11-7-17-36-28/h7,11-13,17,21,23-24,32,35,39H,5,8-10,14-15,18-20,22H2,1-4H3/t32-,43?/m1/s1. The van der Waals surface area contributed by atoms with Gasteiger partial charge >= 0.3 is 0 Å². The third-order valence-corrected chi connectivity index (χ3v) is 10.6. The van der Waals surface area contributed by atoms with E-state index in [2.05, 4.69) is 68.0 Å². The van der Waals surface area contributed by atoms with Crippen molar-refractivity contribution in [1.29, 1.82) is 0 Å². The Bertz CT molecular complexity index is 1490. The van der Waals surface area contributed by atoms with E-state index in [9.17, 15) is 4.55 Å². The van der Waals surface area contributed by atoms with E-state index in [1.54, 1.807) is 0 Å². The van der Waals surface area contributed by atoms with Crippen molar-refractivity contribution in [2.24, 2.45) is 5.41 Å². The van der Waals surface area contributed by atoms with Gasteiger partial charge in [0.1, 0.15) is 10.6 Å². The second-order valence-electron chi connectivity index (χ2n) is 13.0. The van der Waals surface area contributed by atoms with E-state index < -0.39 is 11.4 Å². The fraction of sp³-hybridized carbons (Fsp3) is 0.500. The third kappa shape index (κ3) is 6.19. The zero-order valence-corrected chi connectivity index (χ0v) is 26.6. The van der Waals surface area contributed by atoms with Crippen LogP contribution in [0, 0.1) is 17.4 Å². The topological polar surface area (TPSA) is 92.3 Å². The molecule has 8 nitrogen and oxygen atoms in total. The minimum Gasteiger partial charge on any atom is -0.598 e. The monoisotopic (exact) mass is 597 g/mol. The lowest BCUT2D eigenvalue weighted by molar-refractivity contribution is 0.176. The SMILES string of the molecule is CCNC#CCc1ccc2c(c1)[C@@H](N[S+]([O-])C(C)(C)C)C1(CCN(c3cnc(N4CCCc5ncccc54)cn3)CC1)C2. The van der Waals surface area contributed by atoms with Gasteiger partial charge in [0.25, 0.3) is 0 Å². The van der Waals surface area contributed by atoms with Crippen LogP contribution in [0.3, 0.4) is 0 Å². The Balaban J connectivity index is 1.19. The summed E-state index contributed by atoms with van der Waals surface area (Å²) in [5.41, 5.74) is 6.12. The number of piperidine rings is 1. The molecule has 2 aliphatic heterocycles. The van der Waals surface area contributed by atoms with Gasteiger partial charge in [0, 0.05) is 61.6 Å². The highest BCUT2D eigenvalue weighted by Gasteiger charge is 2.50. The highest BCUT2D eigenvalue weighted by molar-refractivity contribution is 7.90. The molecule has 2 aromatic heterocycles. The predicted molar refractivity (Wildman–Crippen MR) is 175 cm³/mol. The molecule has 2 N–H and O–H groups in total. The molecule has 4 heterocycles. The van der Waals surface area contributed by atoms with Crippen molar-refractivity contribution in [3.05, 3.63) is 71.3 Å². The second-order valence-corrected chi connectivity index (χ2v) is 15.0. The van der Waals surface area contributed by atoms with E-state index in [0.717, 1.165) is 81.3 Å². The lowest BCUT2D eigenvalue weighted by atomic mass is 9.73. The van der Waals surface area contributed by atoms with Gasteiger partial charge in [0.05, 0.1) is 29.8 Å². The predicted octanol–water partition coefficient (Wildman–Crippen LogP) is 5.00. The summed E-state index contributed by atoms with van der Waals surface area (Å²) in [6, 6.07) is 14.0. The Hall–Kier alpha value is -3.32. The molecule has 3 aromatic rings. The zero-order chi connectivity index (χ0) is 30.0. The van der Waals surface area contributed by atoms with E-state index in [0.29, 0.717) is 6.42 Å². The number of rotatable bonds is 6. The molecular formula is C34H43N7OS. The summed E-state index contributed by atoms with van der Waals surface area (Å²) in [6.07, 6.45) is 11.4. The van der Waals surface area contributed by atoms with Crippen LogP contribution >= 0.6 is 0 Å². The van der Waals surface area contributed by atoms with Crippen molar-refractivity contribution < 1.29 is 4.55 Å². The van der Waals surface area contributed by atoms with Crippen LogP contribution in [0.25, 0.3) is 0 Å². The number of hydrogen-bond acceptors (Lipinski definition) is 8. The van der Waals surface area contributed by atoms with Crippen molar-refractivity contribution >= 4 is 28.7 Å². The first-order valence-corrected chi connectivity index (χ1v) is 16.7. The van der Waals surface area contributed by atoms with Gasteiger partial charge in [-0.25, -0.2) is 9.97 Å². The van der Waals surface area contributed by atoms with Gasteiger partial charge in [-0.2, -0.15) is 0 Å².